The number of sulfonamides is 1. The predicted octanol–water partition coefficient (Wildman–Crippen LogP) is 2.24. The highest BCUT2D eigenvalue weighted by Crippen LogP contribution is 2.51. The normalized spacial score (nSPS) is 24.2. The molecule has 1 aromatic rings. The summed E-state index contributed by atoms with van der Waals surface area (Å²) in [6, 6.07) is 6.93. The van der Waals surface area contributed by atoms with Gasteiger partial charge in [-0.05, 0) is 37.3 Å². The van der Waals surface area contributed by atoms with Gasteiger partial charge in [0, 0.05) is 38.3 Å². The average molecular weight is 449 g/mol. The standard InChI is InChI=1S/C21H28N4O5S/c1-15(19-25(22-2)10-5-11-30-19)31(27,28)24-20(26)23-18-17-7-4-3-6-16(17)14-21(18)8-12-29-13-9-21/h3-4,6-7,18H,2,5,8-14H2,1H3,(H2,23,24,26)/b19-15-. The van der Waals surface area contributed by atoms with Crippen LogP contribution in [0.3, 0.4) is 0 Å². The molecule has 2 saturated heterocycles. The molecule has 0 aromatic heterocycles. The topological polar surface area (TPSA) is 109 Å². The number of hydrazone groups is 1. The molecule has 1 spiro atoms. The molecule has 0 radical (unpaired) electrons. The molecule has 1 aromatic carbocycles. The van der Waals surface area contributed by atoms with E-state index in [9.17, 15) is 13.2 Å². The molecule has 2 N–H and O–H groups in total. The average Bonchev–Trinajstić information content (AvgIpc) is 3.05. The van der Waals surface area contributed by atoms with Crippen molar-refractivity contribution in [2.24, 2.45) is 10.5 Å². The van der Waals surface area contributed by atoms with E-state index in [4.69, 9.17) is 9.47 Å². The van der Waals surface area contributed by atoms with Gasteiger partial charge in [-0.2, -0.15) is 5.10 Å². The van der Waals surface area contributed by atoms with Crippen LogP contribution >= 0.6 is 0 Å². The highest BCUT2D eigenvalue weighted by Gasteiger charge is 2.47. The van der Waals surface area contributed by atoms with Gasteiger partial charge in [-0.15, -0.1) is 0 Å². The first-order chi connectivity index (χ1) is 14.9. The zero-order chi connectivity index (χ0) is 22.1. The van der Waals surface area contributed by atoms with Gasteiger partial charge in [0.1, 0.15) is 4.91 Å². The van der Waals surface area contributed by atoms with Crippen LogP contribution in [0.4, 0.5) is 4.79 Å². The van der Waals surface area contributed by atoms with Gasteiger partial charge in [0.2, 0.25) is 5.88 Å². The largest absolute Gasteiger partial charge is 0.477 e. The number of benzene rings is 1. The molecule has 4 rings (SSSR count). The summed E-state index contributed by atoms with van der Waals surface area (Å²) in [7, 11) is -4.13. The maximum Gasteiger partial charge on any atom is 0.329 e. The Morgan fingerprint density at radius 3 is 2.74 bits per heavy atom. The number of carbonyl (C=O) groups is 1. The van der Waals surface area contributed by atoms with Crippen molar-refractivity contribution in [1.82, 2.24) is 15.0 Å². The minimum Gasteiger partial charge on any atom is -0.477 e. The molecular formula is C21H28N4O5S. The van der Waals surface area contributed by atoms with Crippen LogP contribution in [0.15, 0.2) is 40.2 Å². The Kier molecular flexibility index (Phi) is 5.94. The summed E-state index contributed by atoms with van der Waals surface area (Å²) in [4.78, 5) is 12.7. The van der Waals surface area contributed by atoms with Crippen LogP contribution < -0.4 is 10.0 Å². The van der Waals surface area contributed by atoms with E-state index in [1.807, 2.05) is 18.2 Å². The third-order valence-corrected chi connectivity index (χ3v) is 7.81. The minimum atomic E-state index is -4.13. The molecule has 2 amide bonds. The molecule has 2 heterocycles. The molecule has 31 heavy (non-hydrogen) atoms. The van der Waals surface area contributed by atoms with E-state index in [0.29, 0.717) is 32.8 Å². The predicted molar refractivity (Wildman–Crippen MR) is 115 cm³/mol. The Labute approximate surface area is 182 Å². The monoisotopic (exact) mass is 448 g/mol. The number of carbonyl (C=O) groups excluding carboxylic acids is 1. The van der Waals surface area contributed by atoms with Crippen LogP contribution in [0.1, 0.15) is 43.4 Å². The molecule has 2 aliphatic heterocycles. The van der Waals surface area contributed by atoms with Gasteiger partial charge in [0.25, 0.3) is 10.0 Å². The van der Waals surface area contributed by atoms with Crippen molar-refractivity contribution in [3.8, 4) is 0 Å². The Hall–Kier alpha value is -2.59. The first kappa shape index (κ1) is 21.6. The van der Waals surface area contributed by atoms with Crippen molar-refractivity contribution < 1.29 is 22.7 Å². The fourth-order valence-corrected chi connectivity index (χ4v) is 5.56. The molecule has 9 nitrogen and oxygen atoms in total. The van der Waals surface area contributed by atoms with Gasteiger partial charge in [-0.1, -0.05) is 24.3 Å². The van der Waals surface area contributed by atoms with E-state index < -0.39 is 16.1 Å². The van der Waals surface area contributed by atoms with Crippen molar-refractivity contribution in [2.75, 3.05) is 26.4 Å². The number of rotatable bonds is 4. The fourth-order valence-electron chi connectivity index (χ4n) is 4.71. The van der Waals surface area contributed by atoms with Crippen LogP contribution in [-0.4, -0.2) is 52.5 Å². The van der Waals surface area contributed by atoms with Gasteiger partial charge < -0.3 is 14.8 Å². The quantitative estimate of drug-likeness (QED) is 0.684. The molecule has 0 saturated carbocycles. The van der Waals surface area contributed by atoms with Crippen molar-refractivity contribution in [3.05, 3.63) is 46.2 Å². The molecule has 10 heteroatoms. The van der Waals surface area contributed by atoms with E-state index >= 15 is 0 Å². The zero-order valence-electron chi connectivity index (χ0n) is 17.6. The lowest BCUT2D eigenvalue weighted by Crippen LogP contribution is -2.47. The smallest absolute Gasteiger partial charge is 0.329 e. The van der Waals surface area contributed by atoms with E-state index in [2.05, 4.69) is 27.9 Å². The van der Waals surface area contributed by atoms with Crippen LogP contribution in [0.25, 0.3) is 0 Å². The third kappa shape index (κ3) is 4.14. The Morgan fingerprint density at radius 1 is 1.26 bits per heavy atom. The highest BCUT2D eigenvalue weighted by molar-refractivity contribution is 7.93. The van der Waals surface area contributed by atoms with Crippen molar-refractivity contribution in [2.45, 2.75) is 38.6 Å². The molecule has 1 aliphatic carbocycles. The Morgan fingerprint density at radius 2 is 2.00 bits per heavy atom. The van der Waals surface area contributed by atoms with E-state index in [1.165, 1.54) is 17.5 Å². The molecule has 168 valence electrons. The second-order valence-electron chi connectivity index (χ2n) is 8.19. The highest BCUT2D eigenvalue weighted by atomic mass is 32.2. The summed E-state index contributed by atoms with van der Waals surface area (Å²) in [5, 5.41) is 8.13. The Balaban J connectivity index is 1.55. The molecule has 3 aliphatic rings. The first-order valence-electron chi connectivity index (χ1n) is 10.4. The maximum atomic E-state index is 12.9. The summed E-state index contributed by atoms with van der Waals surface area (Å²) in [6.07, 6.45) is 3.14. The van der Waals surface area contributed by atoms with Crippen LogP contribution in [0, 0.1) is 5.41 Å². The van der Waals surface area contributed by atoms with E-state index in [0.717, 1.165) is 24.8 Å². The zero-order valence-corrected chi connectivity index (χ0v) is 18.4. The third-order valence-electron chi connectivity index (χ3n) is 6.37. The van der Waals surface area contributed by atoms with Gasteiger partial charge in [-0.25, -0.2) is 22.9 Å². The number of urea groups is 1. The molecule has 0 bridgehead atoms. The van der Waals surface area contributed by atoms with Gasteiger partial charge >= 0.3 is 6.03 Å². The molecule has 2 fully saturated rings. The first-order valence-corrected chi connectivity index (χ1v) is 11.9. The number of fused-ring (bicyclic) bond motifs is 1. The van der Waals surface area contributed by atoms with Crippen molar-refractivity contribution in [3.63, 3.8) is 0 Å². The summed E-state index contributed by atoms with van der Waals surface area (Å²) < 4.78 is 38.9. The number of hydrogen-bond donors (Lipinski definition) is 2. The van der Waals surface area contributed by atoms with Gasteiger partial charge in [-0.3, -0.25) is 0 Å². The Bertz CT molecular complexity index is 1000. The number of nitrogens with zero attached hydrogens (tertiary/aromatic N) is 2. The van der Waals surface area contributed by atoms with Gasteiger partial charge in [0.05, 0.1) is 12.6 Å². The van der Waals surface area contributed by atoms with Crippen molar-refractivity contribution in [1.29, 1.82) is 0 Å². The van der Waals surface area contributed by atoms with Crippen LogP contribution in [-0.2, 0) is 25.9 Å². The number of nitrogens with one attached hydrogen (secondary N) is 2. The maximum absolute atomic E-state index is 12.9. The second-order valence-corrected chi connectivity index (χ2v) is 10.0. The fraction of sp³-hybridized carbons (Fsp3) is 0.524. The lowest BCUT2D eigenvalue weighted by molar-refractivity contribution is 0.00226. The van der Waals surface area contributed by atoms with E-state index in [-0.39, 0.29) is 22.2 Å². The number of allylic oxidation sites excluding steroid dienone is 1. The second kappa shape index (κ2) is 8.51. The SMILES string of the molecule is C=NN1CCCO/C1=C(/C)S(=O)(=O)NC(=O)NC1c2ccccc2CC12CCOCC2. The minimum absolute atomic E-state index is 0.0914. The summed E-state index contributed by atoms with van der Waals surface area (Å²) in [5.41, 5.74) is 2.04. The van der Waals surface area contributed by atoms with E-state index in [1.54, 1.807) is 0 Å². The lowest BCUT2D eigenvalue weighted by Gasteiger charge is -2.39. The van der Waals surface area contributed by atoms with Crippen molar-refractivity contribution >= 4 is 22.8 Å². The number of ether oxygens (including phenoxy) is 2. The van der Waals surface area contributed by atoms with Crippen LogP contribution in [0.2, 0.25) is 0 Å². The molecule has 1 atom stereocenters. The van der Waals surface area contributed by atoms with Gasteiger partial charge in [0.15, 0.2) is 0 Å². The van der Waals surface area contributed by atoms with Crippen LogP contribution in [0.5, 0.6) is 0 Å². The lowest BCUT2D eigenvalue weighted by atomic mass is 9.74. The summed E-state index contributed by atoms with van der Waals surface area (Å²) in [5.74, 6) is 0.0914. The number of hydrogen-bond acceptors (Lipinski definition) is 7. The molecule has 1 unspecified atom stereocenters. The molecular weight excluding hydrogens is 420 g/mol. The number of amides is 2. The summed E-state index contributed by atoms with van der Waals surface area (Å²) >= 11 is 0. The summed E-state index contributed by atoms with van der Waals surface area (Å²) in [6.45, 7) is 6.97.